The number of rotatable bonds is 10. The van der Waals surface area contributed by atoms with Gasteiger partial charge in [-0.05, 0) is 55.0 Å². The average molecular weight is 491 g/mol. The van der Waals surface area contributed by atoms with Gasteiger partial charge in [-0.15, -0.1) is 8.78 Å². The molecule has 0 radical (unpaired) electrons. The van der Waals surface area contributed by atoms with Crippen LogP contribution in [0.5, 0.6) is 11.5 Å². The van der Waals surface area contributed by atoms with Gasteiger partial charge in [0.2, 0.25) is 0 Å². The van der Waals surface area contributed by atoms with Crippen LogP contribution in [0.25, 0.3) is 0 Å². The van der Waals surface area contributed by atoms with E-state index < -0.39 is 6.29 Å². The molecule has 2 aliphatic rings. The monoisotopic (exact) mass is 490 g/mol. The van der Waals surface area contributed by atoms with E-state index >= 15 is 0 Å². The molecule has 1 unspecified atom stereocenters. The minimum atomic E-state index is -3.68. The second-order valence-corrected chi connectivity index (χ2v) is 9.25. The number of alkyl halides is 2. The van der Waals surface area contributed by atoms with Crippen molar-refractivity contribution in [3.63, 3.8) is 0 Å². The Hall–Kier alpha value is -3.07. The number of benzene rings is 2. The highest BCUT2D eigenvalue weighted by Crippen LogP contribution is 2.43. The Morgan fingerprint density at radius 1 is 1.14 bits per heavy atom. The summed E-state index contributed by atoms with van der Waals surface area (Å²) in [7, 11) is 0. The molecular weight excluding hydrogens is 458 g/mol. The fourth-order valence-electron chi connectivity index (χ4n) is 4.60. The fraction of sp³-hybridized carbons (Fsp3) is 0.500. The Bertz CT molecular complexity index is 1030. The fourth-order valence-corrected chi connectivity index (χ4v) is 4.60. The predicted molar refractivity (Wildman–Crippen MR) is 129 cm³/mol. The van der Waals surface area contributed by atoms with Gasteiger partial charge in [-0.2, -0.15) is 0 Å². The lowest BCUT2D eigenvalue weighted by molar-refractivity contribution is -0.286. The molecule has 0 bridgehead atoms. The summed E-state index contributed by atoms with van der Waals surface area (Å²) >= 11 is 0. The SMILES string of the molecule is CCC(OC=O)c1ccc(N(CC(C)C)C2CCOCC2)c(Nc2ccc3c(c2)OC(F)(F)O3)c1. The molecule has 0 spiro atoms. The van der Waals surface area contributed by atoms with Gasteiger partial charge in [0, 0.05) is 37.6 Å². The number of fused-ring (bicyclic) bond motifs is 1. The van der Waals surface area contributed by atoms with E-state index in [-0.39, 0.29) is 17.6 Å². The number of hydrogen-bond acceptors (Lipinski definition) is 7. The molecule has 9 heteroatoms. The van der Waals surface area contributed by atoms with Crippen molar-refractivity contribution in [3.8, 4) is 11.5 Å². The van der Waals surface area contributed by atoms with Crippen LogP contribution < -0.4 is 19.7 Å². The van der Waals surface area contributed by atoms with Crippen molar-refractivity contribution in [3.05, 3.63) is 42.0 Å². The molecule has 1 N–H and O–H groups in total. The van der Waals surface area contributed by atoms with Crippen LogP contribution in [-0.4, -0.2) is 38.6 Å². The van der Waals surface area contributed by atoms with E-state index in [4.69, 9.17) is 9.47 Å². The van der Waals surface area contributed by atoms with Gasteiger partial charge < -0.3 is 29.2 Å². The van der Waals surface area contributed by atoms with Crippen LogP contribution in [0.1, 0.15) is 51.7 Å². The van der Waals surface area contributed by atoms with Crippen molar-refractivity contribution in [1.29, 1.82) is 0 Å². The molecule has 2 aromatic rings. The van der Waals surface area contributed by atoms with Gasteiger partial charge in [0.05, 0.1) is 11.4 Å². The van der Waals surface area contributed by atoms with E-state index in [1.165, 1.54) is 12.1 Å². The Balaban J connectivity index is 1.72. The number of hydrogen-bond donors (Lipinski definition) is 1. The van der Waals surface area contributed by atoms with E-state index in [1.54, 1.807) is 6.07 Å². The van der Waals surface area contributed by atoms with Crippen LogP contribution in [0, 0.1) is 5.92 Å². The third-order valence-corrected chi connectivity index (χ3v) is 6.17. The van der Waals surface area contributed by atoms with Crippen molar-refractivity contribution in [2.24, 2.45) is 5.92 Å². The van der Waals surface area contributed by atoms with Gasteiger partial charge >= 0.3 is 6.29 Å². The zero-order valence-electron chi connectivity index (χ0n) is 20.3. The lowest BCUT2D eigenvalue weighted by Crippen LogP contribution is -2.42. The summed E-state index contributed by atoms with van der Waals surface area (Å²) < 4.78 is 47.1. The number of anilines is 3. The minimum Gasteiger partial charge on any atom is -0.460 e. The predicted octanol–water partition coefficient (Wildman–Crippen LogP) is 6.02. The number of carbonyl (C=O) groups excluding carboxylic acids is 1. The van der Waals surface area contributed by atoms with E-state index in [0.29, 0.717) is 43.8 Å². The quantitative estimate of drug-likeness (QED) is 0.409. The second kappa shape index (κ2) is 10.7. The molecule has 2 aromatic carbocycles. The molecule has 0 saturated carbocycles. The molecule has 2 heterocycles. The first-order valence-electron chi connectivity index (χ1n) is 12.0. The second-order valence-electron chi connectivity index (χ2n) is 9.25. The van der Waals surface area contributed by atoms with E-state index in [9.17, 15) is 13.6 Å². The highest BCUT2D eigenvalue weighted by Gasteiger charge is 2.43. The lowest BCUT2D eigenvalue weighted by Gasteiger charge is -2.38. The number of nitrogens with one attached hydrogen (secondary N) is 1. The van der Waals surface area contributed by atoms with E-state index in [0.717, 1.165) is 36.3 Å². The molecule has 0 amide bonds. The molecule has 1 saturated heterocycles. The first-order valence-corrected chi connectivity index (χ1v) is 12.0. The molecule has 1 fully saturated rings. The maximum Gasteiger partial charge on any atom is 0.586 e. The highest BCUT2D eigenvalue weighted by molar-refractivity contribution is 5.77. The van der Waals surface area contributed by atoms with Gasteiger partial charge in [-0.1, -0.05) is 26.8 Å². The Morgan fingerprint density at radius 2 is 1.89 bits per heavy atom. The average Bonchev–Trinajstić information content (AvgIpc) is 3.14. The maximum atomic E-state index is 13.5. The zero-order chi connectivity index (χ0) is 25.0. The summed E-state index contributed by atoms with van der Waals surface area (Å²) in [5, 5.41) is 3.39. The molecule has 190 valence electrons. The number of carbonyl (C=O) groups is 1. The molecule has 7 nitrogen and oxygen atoms in total. The molecule has 2 aliphatic heterocycles. The van der Waals surface area contributed by atoms with Crippen molar-refractivity contribution in [2.45, 2.75) is 58.5 Å². The van der Waals surface area contributed by atoms with Crippen molar-refractivity contribution >= 4 is 23.5 Å². The summed E-state index contributed by atoms with van der Waals surface area (Å²) in [6.07, 6.45) is -1.62. The van der Waals surface area contributed by atoms with Gasteiger partial charge in [0.25, 0.3) is 6.47 Å². The van der Waals surface area contributed by atoms with Gasteiger partial charge in [-0.3, -0.25) is 4.79 Å². The van der Waals surface area contributed by atoms with Crippen LogP contribution in [0.4, 0.5) is 25.8 Å². The first-order chi connectivity index (χ1) is 16.8. The summed E-state index contributed by atoms with van der Waals surface area (Å²) in [6.45, 7) is 9.02. The van der Waals surface area contributed by atoms with Crippen molar-refractivity contribution in [2.75, 3.05) is 30.0 Å². The van der Waals surface area contributed by atoms with E-state index in [2.05, 4.69) is 33.5 Å². The van der Waals surface area contributed by atoms with Gasteiger partial charge in [0.1, 0.15) is 6.10 Å². The first kappa shape index (κ1) is 25.0. The Morgan fingerprint density at radius 3 is 2.57 bits per heavy atom. The summed E-state index contributed by atoms with van der Waals surface area (Å²) in [5.41, 5.74) is 3.19. The largest absolute Gasteiger partial charge is 0.586 e. The zero-order valence-corrected chi connectivity index (χ0v) is 20.3. The summed E-state index contributed by atoms with van der Waals surface area (Å²) in [6, 6.07) is 10.9. The number of nitrogens with zero attached hydrogens (tertiary/aromatic N) is 1. The van der Waals surface area contributed by atoms with Gasteiger partial charge in [-0.25, -0.2) is 0 Å². The molecule has 4 rings (SSSR count). The number of halogens is 2. The highest BCUT2D eigenvalue weighted by atomic mass is 19.3. The van der Waals surface area contributed by atoms with Crippen LogP contribution in [0.15, 0.2) is 36.4 Å². The Kier molecular flexibility index (Phi) is 7.64. The smallest absolute Gasteiger partial charge is 0.460 e. The van der Waals surface area contributed by atoms with Gasteiger partial charge in [0.15, 0.2) is 11.5 Å². The standard InChI is InChI=1S/C26H32F2N2O5/c1-4-23(33-16-31)18-5-7-22(30(15-17(2)3)20-9-11-32-12-10-20)21(13-18)29-19-6-8-24-25(14-19)35-26(27,28)34-24/h5-8,13-14,16-17,20,23,29H,4,9-12,15H2,1-3H3. The Labute approximate surface area is 204 Å². The van der Waals surface area contributed by atoms with Crippen molar-refractivity contribution in [1.82, 2.24) is 0 Å². The van der Waals surface area contributed by atoms with Crippen LogP contribution in [-0.2, 0) is 14.3 Å². The molecule has 0 aromatic heterocycles. The third-order valence-electron chi connectivity index (χ3n) is 6.17. The number of ether oxygens (including phenoxy) is 4. The topological polar surface area (TPSA) is 69.3 Å². The van der Waals surface area contributed by atoms with Crippen LogP contribution >= 0.6 is 0 Å². The van der Waals surface area contributed by atoms with Crippen molar-refractivity contribution < 1.29 is 32.5 Å². The molecular formula is C26H32F2N2O5. The van der Waals surface area contributed by atoms with E-state index in [1.807, 2.05) is 25.1 Å². The molecule has 1 atom stereocenters. The minimum absolute atomic E-state index is 0.0106. The summed E-state index contributed by atoms with van der Waals surface area (Å²) in [4.78, 5) is 13.4. The third kappa shape index (κ3) is 5.96. The van der Waals surface area contributed by atoms with Crippen LogP contribution in [0.3, 0.4) is 0 Å². The normalized spacial score (nSPS) is 17.8. The summed E-state index contributed by atoms with van der Waals surface area (Å²) in [5.74, 6) is 0.375. The maximum absolute atomic E-state index is 13.5. The molecule has 0 aliphatic carbocycles. The molecule has 35 heavy (non-hydrogen) atoms. The lowest BCUT2D eigenvalue weighted by atomic mass is 10.0. The van der Waals surface area contributed by atoms with Crippen LogP contribution in [0.2, 0.25) is 0 Å².